The number of aryl methyl sites for hydroxylation is 2. The maximum Gasteiger partial charge on any atom is 0.220 e. The van der Waals surface area contributed by atoms with Crippen molar-refractivity contribution in [2.75, 3.05) is 0 Å². The van der Waals surface area contributed by atoms with Gasteiger partial charge in [0.05, 0.1) is 12.0 Å². The van der Waals surface area contributed by atoms with E-state index in [0.717, 1.165) is 11.4 Å². The van der Waals surface area contributed by atoms with Gasteiger partial charge < -0.3 is 9.15 Å². The van der Waals surface area contributed by atoms with Gasteiger partial charge in [0.25, 0.3) is 0 Å². The Morgan fingerprint density at radius 3 is 2.46 bits per heavy atom. The number of nitrogens with zero attached hydrogens (tertiary/aromatic N) is 1. The van der Waals surface area contributed by atoms with Crippen LogP contribution in [0.4, 0.5) is 5.69 Å². The molecule has 0 aliphatic heterocycles. The summed E-state index contributed by atoms with van der Waals surface area (Å²) in [6.07, 6.45) is 3.48. The van der Waals surface area contributed by atoms with Crippen molar-refractivity contribution in [2.24, 2.45) is 4.99 Å². The third kappa shape index (κ3) is 5.58. The Balaban J connectivity index is 1.72. The lowest BCUT2D eigenvalue weighted by Gasteiger charge is -2.05. The van der Waals surface area contributed by atoms with E-state index >= 15 is 0 Å². The Morgan fingerprint density at radius 1 is 1.00 bits per heavy atom. The molecule has 0 unspecified atom stereocenters. The third-order valence-corrected chi connectivity index (χ3v) is 5.46. The summed E-state index contributed by atoms with van der Waals surface area (Å²) >= 11 is 0. The molecular formula is C21H19NO2S2. The lowest BCUT2D eigenvalue weighted by molar-refractivity contribution is 0.491. The molecule has 132 valence electrons. The number of rotatable bonds is 6. The zero-order valence-corrected chi connectivity index (χ0v) is 16.2. The molecule has 3 aromatic rings. The minimum Gasteiger partial charge on any atom is -0.466 e. The van der Waals surface area contributed by atoms with E-state index < -0.39 is 0 Å². The summed E-state index contributed by atoms with van der Waals surface area (Å²) in [6, 6.07) is 20.0. The minimum absolute atomic E-state index is 0.513. The molecule has 0 spiro atoms. The molecule has 0 amide bonds. The average Bonchev–Trinajstić information content (AvgIpc) is 3.06. The molecular weight excluding hydrogens is 362 g/mol. The number of hydrogen-bond acceptors (Lipinski definition) is 5. The van der Waals surface area contributed by atoms with Crippen LogP contribution in [-0.2, 0) is 0 Å². The van der Waals surface area contributed by atoms with Gasteiger partial charge in [-0.1, -0.05) is 57.5 Å². The highest BCUT2D eigenvalue weighted by Crippen LogP contribution is 2.31. The van der Waals surface area contributed by atoms with Crippen LogP contribution in [0.2, 0.25) is 0 Å². The van der Waals surface area contributed by atoms with Gasteiger partial charge in [-0.05, 0) is 43.5 Å². The topological polar surface area (TPSA) is 34.7 Å². The first kappa shape index (κ1) is 18.4. The van der Waals surface area contributed by atoms with Crippen LogP contribution in [0.15, 0.2) is 92.7 Å². The molecule has 1 heterocycles. The van der Waals surface area contributed by atoms with Gasteiger partial charge in [-0.2, -0.15) is 0 Å². The predicted octanol–water partition coefficient (Wildman–Crippen LogP) is 6.96. The van der Waals surface area contributed by atoms with Crippen molar-refractivity contribution in [1.29, 1.82) is 0 Å². The summed E-state index contributed by atoms with van der Waals surface area (Å²) in [7, 11) is 3.30. The van der Waals surface area contributed by atoms with Crippen molar-refractivity contribution in [3.8, 4) is 5.75 Å². The summed E-state index contributed by atoms with van der Waals surface area (Å²) in [6.45, 7) is 3.92. The number of ether oxygens (including phenoxy) is 1. The van der Waals surface area contributed by atoms with E-state index in [1.54, 1.807) is 33.9 Å². The smallest absolute Gasteiger partial charge is 0.220 e. The molecule has 3 nitrogen and oxygen atoms in total. The number of furan rings is 1. The minimum atomic E-state index is 0.513. The van der Waals surface area contributed by atoms with E-state index in [9.17, 15) is 0 Å². The lowest BCUT2D eigenvalue weighted by Crippen LogP contribution is -2.04. The van der Waals surface area contributed by atoms with E-state index in [-0.39, 0.29) is 0 Å². The standard InChI is InChI=1S/C21H19NO2S2/c1-16-8-10-18(11-9-16)22-21(24-20-12-14-23-17(20)2)13-15-25-26-19-6-4-3-5-7-19/h3-15H,1-2H3/b15-13+,22-21?. The van der Waals surface area contributed by atoms with Gasteiger partial charge in [-0.15, -0.1) is 0 Å². The Morgan fingerprint density at radius 2 is 1.77 bits per heavy atom. The van der Waals surface area contributed by atoms with Gasteiger partial charge in [0, 0.05) is 17.0 Å². The Labute approximate surface area is 161 Å². The normalized spacial score (nSPS) is 11.8. The molecule has 0 radical (unpaired) electrons. The van der Waals surface area contributed by atoms with Crippen LogP contribution in [0.1, 0.15) is 11.3 Å². The van der Waals surface area contributed by atoms with Crippen LogP contribution in [-0.4, -0.2) is 5.90 Å². The van der Waals surface area contributed by atoms with Crippen LogP contribution >= 0.6 is 21.6 Å². The monoisotopic (exact) mass is 381 g/mol. The third-order valence-electron chi connectivity index (χ3n) is 3.45. The van der Waals surface area contributed by atoms with Crippen molar-refractivity contribution < 1.29 is 9.15 Å². The van der Waals surface area contributed by atoms with Crippen molar-refractivity contribution in [2.45, 2.75) is 18.7 Å². The predicted molar refractivity (Wildman–Crippen MR) is 111 cm³/mol. The first-order chi connectivity index (χ1) is 12.7. The Hall–Kier alpha value is -2.37. The van der Waals surface area contributed by atoms with Crippen molar-refractivity contribution >= 4 is 33.2 Å². The van der Waals surface area contributed by atoms with Crippen molar-refractivity contribution in [1.82, 2.24) is 0 Å². The Bertz CT molecular complexity index is 884. The lowest BCUT2D eigenvalue weighted by atomic mass is 10.2. The molecule has 26 heavy (non-hydrogen) atoms. The summed E-state index contributed by atoms with van der Waals surface area (Å²) < 4.78 is 11.2. The molecule has 0 saturated carbocycles. The van der Waals surface area contributed by atoms with E-state index in [4.69, 9.17) is 9.15 Å². The molecule has 0 fully saturated rings. The first-order valence-electron chi connectivity index (χ1n) is 8.13. The van der Waals surface area contributed by atoms with Crippen LogP contribution in [0, 0.1) is 13.8 Å². The second-order valence-electron chi connectivity index (χ2n) is 5.52. The van der Waals surface area contributed by atoms with Gasteiger partial charge in [-0.3, -0.25) is 0 Å². The molecule has 0 saturated heterocycles. The van der Waals surface area contributed by atoms with Crippen molar-refractivity contribution in [3.05, 3.63) is 89.7 Å². The van der Waals surface area contributed by atoms with Gasteiger partial charge in [0.15, 0.2) is 5.75 Å². The largest absolute Gasteiger partial charge is 0.466 e. The molecule has 3 rings (SSSR count). The van der Waals surface area contributed by atoms with Gasteiger partial charge in [-0.25, -0.2) is 4.99 Å². The van der Waals surface area contributed by atoms with Gasteiger partial charge >= 0.3 is 0 Å². The quantitative estimate of drug-likeness (QED) is 0.263. The summed E-state index contributed by atoms with van der Waals surface area (Å²) in [5.41, 5.74) is 2.04. The highest BCUT2D eigenvalue weighted by Gasteiger charge is 2.06. The summed E-state index contributed by atoms with van der Waals surface area (Å²) in [5, 5.41) is 1.97. The fourth-order valence-electron chi connectivity index (χ4n) is 2.08. The van der Waals surface area contributed by atoms with E-state index in [1.807, 2.05) is 60.9 Å². The zero-order valence-electron chi connectivity index (χ0n) is 14.6. The number of aliphatic imine (C=N–C) groups is 1. The average molecular weight is 382 g/mol. The SMILES string of the molecule is Cc1ccc(N=C(/C=C/SSc2ccccc2)Oc2ccoc2C)cc1. The molecule has 2 aromatic carbocycles. The van der Waals surface area contributed by atoms with Crippen molar-refractivity contribution in [3.63, 3.8) is 0 Å². The summed E-state index contributed by atoms with van der Waals surface area (Å²) in [5.74, 6) is 1.90. The van der Waals surface area contributed by atoms with Crippen LogP contribution < -0.4 is 4.74 Å². The molecule has 0 aliphatic rings. The molecule has 5 heteroatoms. The highest BCUT2D eigenvalue weighted by molar-refractivity contribution is 8.77. The van der Waals surface area contributed by atoms with Gasteiger partial charge in [0.2, 0.25) is 5.90 Å². The maximum absolute atomic E-state index is 5.92. The fourth-order valence-corrected chi connectivity index (χ4v) is 3.68. The zero-order chi connectivity index (χ0) is 18.2. The summed E-state index contributed by atoms with van der Waals surface area (Å²) in [4.78, 5) is 5.80. The fraction of sp³-hybridized carbons (Fsp3) is 0.0952. The second kappa shape index (κ2) is 9.36. The first-order valence-corrected chi connectivity index (χ1v) is 10.3. The highest BCUT2D eigenvalue weighted by atomic mass is 33.1. The van der Waals surface area contributed by atoms with Crippen LogP contribution in [0.3, 0.4) is 0 Å². The van der Waals surface area contributed by atoms with Crippen LogP contribution in [0.25, 0.3) is 0 Å². The molecule has 0 bridgehead atoms. The number of hydrogen-bond donors (Lipinski definition) is 0. The van der Waals surface area contributed by atoms with E-state index in [0.29, 0.717) is 11.6 Å². The molecule has 1 aromatic heterocycles. The second-order valence-corrected chi connectivity index (χ2v) is 7.70. The molecule has 0 aliphatic carbocycles. The van der Waals surface area contributed by atoms with Crippen LogP contribution in [0.5, 0.6) is 5.75 Å². The molecule has 0 atom stereocenters. The maximum atomic E-state index is 5.92. The Kier molecular flexibility index (Phi) is 6.63. The number of benzene rings is 2. The van der Waals surface area contributed by atoms with E-state index in [1.165, 1.54) is 10.5 Å². The van der Waals surface area contributed by atoms with E-state index in [2.05, 4.69) is 24.0 Å². The van der Waals surface area contributed by atoms with Gasteiger partial charge in [0.1, 0.15) is 5.76 Å². The molecule has 0 N–H and O–H groups in total.